The van der Waals surface area contributed by atoms with Gasteiger partial charge in [-0.15, -0.1) is 11.3 Å². The molecule has 0 aliphatic rings. The highest BCUT2D eigenvalue weighted by atomic mass is 32.2. The molecule has 0 spiro atoms. The fraction of sp³-hybridized carbons (Fsp3) is 0.190. The number of amides is 1. The average Bonchev–Trinajstić information content (AvgIpc) is 3.26. The lowest BCUT2D eigenvalue weighted by molar-refractivity contribution is -0.0498. The molecule has 31 heavy (non-hydrogen) atoms. The van der Waals surface area contributed by atoms with Crippen molar-refractivity contribution >= 4 is 27.3 Å². The molecule has 1 aromatic heterocycles. The van der Waals surface area contributed by atoms with E-state index in [0.717, 1.165) is 4.88 Å². The van der Waals surface area contributed by atoms with Gasteiger partial charge in [-0.25, -0.2) is 13.1 Å². The summed E-state index contributed by atoms with van der Waals surface area (Å²) in [5, 5.41) is 4.62. The molecule has 6 nitrogen and oxygen atoms in total. The van der Waals surface area contributed by atoms with Crippen LogP contribution in [0.15, 0.2) is 70.9 Å². The van der Waals surface area contributed by atoms with Crippen LogP contribution in [0.5, 0.6) is 5.75 Å². The number of sulfonamides is 1. The zero-order valence-corrected chi connectivity index (χ0v) is 18.1. The third-order valence-corrected chi connectivity index (χ3v) is 6.65. The molecule has 0 radical (unpaired) electrons. The van der Waals surface area contributed by atoms with Gasteiger partial charge in [0.15, 0.2) is 0 Å². The second kappa shape index (κ2) is 9.99. The summed E-state index contributed by atoms with van der Waals surface area (Å²) in [4.78, 5) is 13.5. The number of rotatable bonds is 9. The van der Waals surface area contributed by atoms with Crippen molar-refractivity contribution in [2.24, 2.45) is 0 Å². The van der Waals surface area contributed by atoms with Gasteiger partial charge in [0, 0.05) is 17.0 Å². The van der Waals surface area contributed by atoms with Gasteiger partial charge in [-0.3, -0.25) is 4.79 Å². The fourth-order valence-corrected chi connectivity index (χ4v) is 4.56. The van der Waals surface area contributed by atoms with Gasteiger partial charge >= 0.3 is 6.61 Å². The van der Waals surface area contributed by atoms with Crippen LogP contribution in [0, 0.1) is 0 Å². The van der Waals surface area contributed by atoms with Crippen molar-refractivity contribution in [2.45, 2.75) is 31.0 Å². The normalized spacial score (nSPS) is 12.5. The average molecular weight is 467 g/mol. The van der Waals surface area contributed by atoms with E-state index in [9.17, 15) is 22.0 Å². The van der Waals surface area contributed by atoms with Gasteiger partial charge in [-0.05, 0) is 54.3 Å². The zero-order valence-electron chi connectivity index (χ0n) is 16.4. The Morgan fingerprint density at radius 1 is 1.10 bits per heavy atom. The van der Waals surface area contributed by atoms with E-state index in [4.69, 9.17) is 0 Å². The minimum atomic E-state index is -3.79. The van der Waals surface area contributed by atoms with Gasteiger partial charge in [0.25, 0.3) is 5.91 Å². The van der Waals surface area contributed by atoms with Crippen molar-refractivity contribution in [3.05, 3.63) is 82.0 Å². The number of nitrogens with one attached hydrogen (secondary N) is 2. The SMILES string of the molecule is CC(NC(=O)c1cccc(S(=O)(=O)NCc2cccs2)c1)c1ccc(OC(F)F)cc1. The molecule has 3 aromatic rings. The van der Waals surface area contributed by atoms with Crippen LogP contribution in [0.25, 0.3) is 0 Å². The molecule has 10 heteroatoms. The van der Waals surface area contributed by atoms with E-state index in [1.54, 1.807) is 19.1 Å². The van der Waals surface area contributed by atoms with Gasteiger partial charge in [0.2, 0.25) is 10.0 Å². The van der Waals surface area contributed by atoms with Crippen molar-refractivity contribution in [2.75, 3.05) is 0 Å². The first-order valence-electron chi connectivity index (χ1n) is 9.22. The highest BCUT2D eigenvalue weighted by Gasteiger charge is 2.18. The maximum atomic E-state index is 12.6. The molecule has 0 saturated carbocycles. The van der Waals surface area contributed by atoms with Crippen LogP contribution in [-0.2, 0) is 16.6 Å². The number of carbonyl (C=O) groups is 1. The van der Waals surface area contributed by atoms with E-state index in [1.807, 2.05) is 17.5 Å². The molecule has 3 rings (SSSR count). The predicted octanol–water partition coefficient (Wildman–Crippen LogP) is 4.32. The monoisotopic (exact) mass is 466 g/mol. The lowest BCUT2D eigenvalue weighted by Gasteiger charge is -2.15. The molecule has 1 atom stereocenters. The van der Waals surface area contributed by atoms with E-state index < -0.39 is 28.6 Å². The summed E-state index contributed by atoms with van der Waals surface area (Å²) in [6.45, 7) is -1.02. The quantitative estimate of drug-likeness (QED) is 0.492. The summed E-state index contributed by atoms with van der Waals surface area (Å²) < 4.78 is 56.4. The molecular weight excluding hydrogens is 446 g/mol. The topological polar surface area (TPSA) is 84.5 Å². The molecule has 164 valence electrons. The van der Waals surface area contributed by atoms with E-state index in [-0.39, 0.29) is 22.8 Å². The van der Waals surface area contributed by atoms with Crippen LogP contribution in [0.3, 0.4) is 0 Å². The first-order chi connectivity index (χ1) is 14.7. The smallest absolute Gasteiger partial charge is 0.387 e. The van der Waals surface area contributed by atoms with Crippen molar-refractivity contribution in [1.82, 2.24) is 10.0 Å². The summed E-state index contributed by atoms with van der Waals surface area (Å²) in [6.07, 6.45) is 0. The van der Waals surface area contributed by atoms with Crippen LogP contribution in [0.1, 0.15) is 33.8 Å². The predicted molar refractivity (Wildman–Crippen MR) is 114 cm³/mol. The minimum absolute atomic E-state index is 0.0159. The Kier molecular flexibility index (Phi) is 7.37. The third-order valence-electron chi connectivity index (χ3n) is 4.38. The Bertz CT molecular complexity index is 1120. The van der Waals surface area contributed by atoms with Crippen LogP contribution < -0.4 is 14.8 Å². The lowest BCUT2D eigenvalue weighted by Crippen LogP contribution is -2.27. The Hall–Kier alpha value is -2.82. The fourth-order valence-electron chi connectivity index (χ4n) is 2.77. The van der Waals surface area contributed by atoms with E-state index in [2.05, 4.69) is 14.8 Å². The van der Waals surface area contributed by atoms with Crippen LogP contribution in [0.2, 0.25) is 0 Å². The maximum absolute atomic E-state index is 12.6. The largest absolute Gasteiger partial charge is 0.435 e. The second-order valence-electron chi connectivity index (χ2n) is 6.57. The van der Waals surface area contributed by atoms with Crippen LogP contribution >= 0.6 is 11.3 Å². The zero-order chi connectivity index (χ0) is 22.4. The first-order valence-corrected chi connectivity index (χ1v) is 11.6. The van der Waals surface area contributed by atoms with Crippen molar-refractivity contribution < 1.29 is 26.7 Å². The van der Waals surface area contributed by atoms with Crippen molar-refractivity contribution in [3.8, 4) is 5.75 Å². The number of carbonyl (C=O) groups excluding carboxylic acids is 1. The number of thiophene rings is 1. The van der Waals surface area contributed by atoms with E-state index in [0.29, 0.717) is 5.56 Å². The standard InChI is InChI=1S/C21H20F2N2O4S2/c1-14(15-7-9-17(10-8-15)29-21(22)23)25-20(26)16-4-2-6-19(12-16)31(27,28)24-13-18-5-3-11-30-18/h2-12,14,21,24H,13H2,1H3,(H,25,26). The van der Waals surface area contributed by atoms with Crippen molar-refractivity contribution in [1.29, 1.82) is 0 Å². The Morgan fingerprint density at radius 3 is 2.48 bits per heavy atom. The Morgan fingerprint density at radius 2 is 1.84 bits per heavy atom. The summed E-state index contributed by atoms with van der Waals surface area (Å²) >= 11 is 1.44. The molecule has 2 aromatic carbocycles. The molecule has 0 bridgehead atoms. The van der Waals surface area contributed by atoms with Gasteiger partial charge in [-0.2, -0.15) is 8.78 Å². The molecular formula is C21H20F2N2O4S2. The number of hydrogen-bond acceptors (Lipinski definition) is 5. The number of hydrogen-bond donors (Lipinski definition) is 2. The van der Waals surface area contributed by atoms with Crippen LogP contribution in [0.4, 0.5) is 8.78 Å². The van der Waals surface area contributed by atoms with E-state index >= 15 is 0 Å². The highest BCUT2D eigenvalue weighted by Crippen LogP contribution is 2.20. The first kappa shape index (κ1) is 22.9. The summed E-state index contributed by atoms with van der Waals surface area (Å²) in [7, 11) is -3.79. The Labute approximate surface area is 182 Å². The molecule has 0 aliphatic carbocycles. The highest BCUT2D eigenvalue weighted by molar-refractivity contribution is 7.89. The number of benzene rings is 2. The van der Waals surface area contributed by atoms with Gasteiger partial charge < -0.3 is 10.1 Å². The van der Waals surface area contributed by atoms with Gasteiger partial charge in [0.1, 0.15) is 5.75 Å². The third kappa shape index (κ3) is 6.33. The summed E-state index contributed by atoms with van der Waals surface area (Å²) in [6, 6.07) is 14.9. The summed E-state index contributed by atoms with van der Waals surface area (Å²) in [5.41, 5.74) is 0.861. The molecule has 0 fully saturated rings. The number of ether oxygens (including phenoxy) is 1. The van der Waals surface area contributed by atoms with Gasteiger partial charge in [-0.1, -0.05) is 24.3 Å². The van der Waals surface area contributed by atoms with Gasteiger partial charge in [0.05, 0.1) is 10.9 Å². The van der Waals surface area contributed by atoms with Crippen molar-refractivity contribution in [3.63, 3.8) is 0 Å². The van der Waals surface area contributed by atoms with E-state index in [1.165, 1.54) is 47.7 Å². The Balaban J connectivity index is 1.66. The second-order valence-corrected chi connectivity index (χ2v) is 9.37. The van der Waals surface area contributed by atoms with Crippen LogP contribution in [-0.4, -0.2) is 20.9 Å². The molecule has 1 heterocycles. The summed E-state index contributed by atoms with van der Waals surface area (Å²) in [5.74, 6) is -0.444. The molecule has 0 saturated heterocycles. The molecule has 2 N–H and O–H groups in total. The molecule has 1 unspecified atom stereocenters. The number of alkyl halides is 2. The molecule has 0 aliphatic heterocycles. The number of halogens is 2. The molecule has 1 amide bonds. The maximum Gasteiger partial charge on any atom is 0.387 e. The lowest BCUT2D eigenvalue weighted by atomic mass is 10.1. The minimum Gasteiger partial charge on any atom is -0.435 e.